The molecule has 0 saturated carbocycles. The van der Waals surface area contributed by atoms with E-state index in [1.807, 2.05) is 12.4 Å². The maximum atomic E-state index is 14.6. The summed E-state index contributed by atoms with van der Waals surface area (Å²) < 4.78 is 21.8. The van der Waals surface area contributed by atoms with Crippen molar-refractivity contribution >= 4 is 17.4 Å². The second-order valence-corrected chi connectivity index (χ2v) is 7.63. The second kappa shape index (κ2) is 8.97. The number of aromatic nitrogens is 4. The largest absolute Gasteiger partial charge is 0.494 e. The molecular formula is C21H24ClFN6O. The van der Waals surface area contributed by atoms with Gasteiger partial charge in [-0.15, -0.1) is 0 Å². The number of nitrogens with zero attached hydrogens (tertiary/aromatic N) is 5. The Kier molecular flexibility index (Phi) is 6.15. The lowest BCUT2D eigenvalue weighted by atomic mass is 10.2. The van der Waals surface area contributed by atoms with Crippen LogP contribution in [0.25, 0.3) is 0 Å². The zero-order chi connectivity index (χ0) is 21.1. The van der Waals surface area contributed by atoms with Crippen LogP contribution in [0.3, 0.4) is 0 Å². The number of ether oxygens (including phenoxy) is 1. The highest BCUT2D eigenvalue weighted by atomic mass is 35.5. The Morgan fingerprint density at radius 1 is 1.23 bits per heavy atom. The number of fused-ring (bicyclic) bond motifs is 1. The zero-order valence-electron chi connectivity index (χ0n) is 17.0. The lowest BCUT2D eigenvalue weighted by Crippen LogP contribution is -2.19. The molecule has 1 aliphatic heterocycles. The number of hydrogen-bond donors (Lipinski definition) is 1. The number of benzene rings is 1. The molecule has 7 nitrogen and oxygen atoms in total. The molecule has 0 unspecified atom stereocenters. The van der Waals surface area contributed by atoms with Crippen molar-refractivity contribution in [2.45, 2.75) is 46.1 Å². The fourth-order valence-corrected chi connectivity index (χ4v) is 3.92. The lowest BCUT2D eigenvalue weighted by molar-refractivity contribution is 0.262. The molecule has 0 atom stereocenters. The third kappa shape index (κ3) is 4.11. The molecule has 0 saturated heterocycles. The van der Waals surface area contributed by atoms with E-state index in [2.05, 4.69) is 36.7 Å². The predicted molar refractivity (Wildman–Crippen MR) is 113 cm³/mol. The van der Waals surface area contributed by atoms with Gasteiger partial charge in [0.15, 0.2) is 11.6 Å². The number of imidazole rings is 1. The van der Waals surface area contributed by atoms with Crippen molar-refractivity contribution in [3.05, 3.63) is 64.3 Å². The van der Waals surface area contributed by atoms with Gasteiger partial charge < -0.3 is 14.6 Å². The number of aryl methyl sites for hydroxylation is 1. The molecule has 0 aliphatic carbocycles. The first-order chi connectivity index (χ1) is 14.6. The molecule has 0 spiro atoms. The molecule has 0 fully saturated rings. The normalized spacial score (nSPS) is 13.5. The van der Waals surface area contributed by atoms with Crippen LogP contribution in [0.1, 0.15) is 36.0 Å². The predicted octanol–water partition coefficient (Wildman–Crippen LogP) is 4.01. The van der Waals surface area contributed by atoms with Crippen LogP contribution in [-0.4, -0.2) is 31.5 Å². The maximum Gasteiger partial charge on any atom is 0.171 e. The SMILES string of the molecule is CCCn1ccnc1CN1Cc2ncnc(NCc3c(Cl)ccc(OC)c3F)c2C1. The Morgan fingerprint density at radius 3 is 2.90 bits per heavy atom. The summed E-state index contributed by atoms with van der Waals surface area (Å²) in [6, 6.07) is 3.15. The smallest absolute Gasteiger partial charge is 0.171 e. The monoisotopic (exact) mass is 430 g/mol. The highest BCUT2D eigenvalue weighted by Gasteiger charge is 2.25. The van der Waals surface area contributed by atoms with Crippen LogP contribution in [0.15, 0.2) is 30.9 Å². The van der Waals surface area contributed by atoms with E-state index in [4.69, 9.17) is 16.3 Å². The van der Waals surface area contributed by atoms with Gasteiger partial charge in [-0.05, 0) is 18.6 Å². The Morgan fingerprint density at radius 2 is 2.10 bits per heavy atom. The molecule has 9 heteroatoms. The van der Waals surface area contributed by atoms with Crippen molar-refractivity contribution in [1.29, 1.82) is 0 Å². The third-order valence-corrected chi connectivity index (χ3v) is 5.58. The summed E-state index contributed by atoms with van der Waals surface area (Å²) in [6.07, 6.45) is 6.45. The first-order valence-electron chi connectivity index (χ1n) is 9.90. The first kappa shape index (κ1) is 20.6. The van der Waals surface area contributed by atoms with Gasteiger partial charge in [-0.2, -0.15) is 0 Å². The summed E-state index contributed by atoms with van der Waals surface area (Å²) in [5.41, 5.74) is 2.34. The summed E-state index contributed by atoms with van der Waals surface area (Å²) in [5.74, 6) is 1.43. The minimum atomic E-state index is -0.465. The summed E-state index contributed by atoms with van der Waals surface area (Å²) in [6.45, 7) is 5.47. The fourth-order valence-electron chi connectivity index (χ4n) is 3.71. The van der Waals surface area contributed by atoms with Gasteiger partial charge in [-0.3, -0.25) is 4.90 Å². The van der Waals surface area contributed by atoms with Crippen LogP contribution in [0.5, 0.6) is 5.75 Å². The van der Waals surface area contributed by atoms with Crippen LogP contribution >= 0.6 is 11.6 Å². The van der Waals surface area contributed by atoms with Crippen molar-refractivity contribution in [3.8, 4) is 5.75 Å². The molecule has 0 radical (unpaired) electrons. The lowest BCUT2D eigenvalue weighted by Gasteiger charge is -2.15. The molecule has 3 aromatic rings. The fraction of sp³-hybridized carbons (Fsp3) is 0.381. The van der Waals surface area contributed by atoms with Crippen molar-refractivity contribution in [1.82, 2.24) is 24.4 Å². The van der Waals surface area contributed by atoms with Gasteiger partial charge in [0, 0.05) is 54.7 Å². The number of anilines is 1. The van der Waals surface area contributed by atoms with Crippen LogP contribution in [0.2, 0.25) is 5.02 Å². The maximum absolute atomic E-state index is 14.6. The molecule has 4 rings (SSSR count). The van der Waals surface area contributed by atoms with E-state index in [1.54, 1.807) is 6.07 Å². The summed E-state index contributed by atoms with van der Waals surface area (Å²) in [7, 11) is 1.43. The van der Waals surface area contributed by atoms with E-state index in [1.165, 1.54) is 19.5 Å². The first-order valence-corrected chi connectivity index (χ1v) is 10.3. The van der Waals surface area contributed by atoms with E-state index in [-0.39, 0.29) is 12.3 Å². The number of halogens is 2. The van der Waals surface area contributed by atoms with Crippen LogP contribution in [-0.2, 0) is 32.7 Å². The van der Waals surface area contributed by atoms with Crippen LogP contribution in [0, 0.1) is 5.82 Å². The summed E-state index contributed by atoms with van der Waals surface area (Å²) in [4.78, 5) is 15.6. The van der Waals surface area contributed by atoms with Gasteiger partial charge >= 0.3 is 0 Å². The molecule has 0 bridgehead atoms. The van der Waals surface area contributed by atoms with E-state index in [9.17, 15) is 4.39 Å². The molecular weight excluding hydrogens is 407 g/mol. The standard InChI is InChI=1S/C21H24ClFN6O/c1-3-7-29-8-6-24-19(29)12-28-10-15-17(11-28)26-13-27-21(15)25-9-14-16(22)4-5-18(30-2)20(14)23/h4-6,8,13H,3,7,9-12H2,1-2H3,(H,25,26,27). The Labute approximate surface area is 179 Å². The topological polar surface area (TPSA) is 68.1 Å². The van der Waals surface area contributed by atoms with Gasteiger partial charge in [0.25, 0.3) is 0 Å². The van der Waals surface area contributed by atoms with Crippen LogP contribution < -0.4 is 10.1 Å². The van der Waals surface area contributed by atoms with Crippen molar-refractivity contribution in [3.63, 3.8) is 0 Å². The van der Waals surface area contributed by atoms with E-state index < -0.39 is 5.82 Å². The van der Waals surface area contributed by atoms with Gasteiger partial charge in [-0.1, -0.05) is 18.5 Å². The van der Waals surface area contributed by atoms with Crippen molar-refractivity contribution < 1.29 is 9.13 Å². The molecule has 1 aliphatic rings. The van der Waals surface area contributed by atoms with E-state index in [0.717, 1.165) is 43.1 Å². The molecule has 0 amide bonds. The van der Waals surface area contributed by atoms with E-state index in [0.29, 0.717) is 22.9 Å². The average Bonchev–Trinajstić information content (AvgIpc) is 3.35. The number of rotatable bonds is 8. The molecule has 2 aromatic heterocycles. The highest BCUT2D eigenvalue weighted by molar-refractivity contribution is 6.31. The van der Waals surface area contributed by atoms with Crippen LogP contribution in [0.4, 0.5) is 10.2 Å². The number of nitrogens with one attached hydrogen (secondary N) is 1. The minimum absolute atomic E-state index is 0.165. The Balaban J connectivity index is 1.48. The Bertz CT molecular complexity index is 1040. The van der Waals surface area contributed by atoms with Crippen molar-refractivity contribution in [2.75, 3.05) is 12.4 Å². The number of methoxy groups -OCH3 is 1. The summed E-state index contributed by atoms with van der Waals surface area (Å²) in [5, 5.41) is 3.57. The highest BCUT2D eigenvalue weighted by Crippen LogP contribution is 2.30. The second-order valence-electron chi connectivity index (χ2n) is 7.23. The van der Waals surface area contributed by atoms with Gasteiger partial charge in [-0.25, -0.2) is 19.3 Å². The quantitative estimate of drug-likeness (QED) is 0.582. The number of hydrogen-bond acceptors (Lipinski definition) is 6. The van der Waals surface area contributed by atoms with Gasteiger partial charge in [0.2, 0.25) is 0 Å². The zero-order valence-corrected chi connectivity index (χ0v) is 17.8. The third-order valence-electron chi connectivity index (χ3n) is 5.22. The molecule has 3 heterocycles. The molecule has 30 heavy (non-hydrogen) atoms. The Hall–Kier alpha value is -2.71. The van der Waals surface area contributed by atoms with Gasteiger partial charge in [0.05, 0.1) is 19.3 Å². The molecule has 158 valence electrons. The molecule has 1 N–H and O–H groups in total. The van der Waals surface area contributed by atoms with Gasteiger partial charge in [0.1, 0.15) is 18.0 Å². The summed E-state index contributed by atoms with van der Waals surface area (Å²) >= 11 is 6.20. The molecule has 1 aromatic carbocycles. The van der Waals surface area contributed by atoms with E-state index >= 15 is 0 Å². The van der Waals surface area contributed by atoms with Crippen molar-refractivity contribution in [2.24, 2.45) is 0 Å². The minimum Gasteiger partial charge on any atom is -0.494 e. The average molecular weight is 431 g/mol.